The van der Waals surface area contributed by atoms with Crippen LogP contribution in [0.5, 0.6) is 0 Å². The van der Waals surface area contributed by atoms with Gasteiger partial charge in [-0.2, -0.15) is 0 Å². The Morgan fingerprint density at radius 2 is 0.966 bits per heavy atom. The summed E-state index contributed by atoms with van der Waals surface area (Å²) in [5.74, 6) is -8.33. The molecule has 0 aromatic heterocycles. The summed E-state index contributed by atoms with van der Waals surface area (Å²) in [5.41, 5.74) is 0.754. The minimum absolute atomic E-state index is 0.00560. The minimum atomic E-state index is -1.48. The lowest BCUT2D eigenvalue weighted by Crippen LogP contribution is -2.64. The molecule has 0 aliphatic carbocycles. The van der Waals surface area contributed by atoms with Crippen LogP contribution in [0.4, 0.5) is 4.79 Å². The molecule has 0 aliphatic heterocycles. The van der Waals surface area contributed by atoms with Crippen molar-refractivity contribution in [2.24, 2.45) is 35.5 Å². The minimum Gasteiger partial charge on any atom is -0.460 e. The quantitative estimate of drug-likeness (QED) is 0.0596. The van der Waals surface area contributed by atoms with Gasteiger partial charge in [0.05, 0.1) is 6.61 Å². The Kier molecular flexibility index (Phi) is 33.3. The Hall–Kier alpha value is -6.85. The number of rotatable bonds is 35. The second-order valence-corrected chi connectivity index (χ2v) is 25.1. The molecule has 0 unspecified atom stereocenters. The van der Waals surface area contributed by atoms with Crippen molar-refractivity contribution in [2.45, 2.75) is 210 Å². The van der Waals surface area contributed by atoms with Gasteiger partial charge in [-0.15, -0.1) is 0 Å². The number of alkyl carbamates (subject to hydrolysis) is 1. The molecule has 24 heteroatoms. The van der Waals surface area contributed by atoms with E-state index < -0.39 is 143 Å². The Morgan fingerprint density at radius 3 is 1.43 bits per heavy atom. The van der Waals surface area contributed by atoms with Crippen molar-refractivity contribution in [1.29, 1.82) is 0 Å². The Balaban J connectivity index is 3.56. The third-order valence-corrected chi connectivity index (χ3v) is 15.6. The number of ether oxygens (including phenoxy) is 2. The number of carbonyl (C=O) groups is 11. The van der Waals surface area contributed by atoms with Gasteiger partial charge in [0.15, 0.2) is 0 Å². The van der Waals surface area contributed by atoms with Crippen molar-refractivity contribution in [1.82, 2.24) is 50.7 Å². The van der Waals surface area contributed by atoms with Gasteiger partial charge in [-0.1, -0.05) is 120 Å². The summed E-state index contributed by atoms with van der Waals surface area (Å²) in [4.78, 5) is 162. The molecule has 1 aromatic carbocycles. The predicted molar refractivity (Wildman–Crippen MR) is 332 cm³/mol. The van der Waals surface area contributed by atoms with Crippen LogP contribution in [0, 0.1) is 35.5 Å². The van der Waals surface area contributed by atoms with E-state index in [-0.39, 0.29) is 63.2 Å². The van der Waals surface area contributed by atoms with Crippen LogP contribution in [0.25, 0.3) is 0 Å². The number of aliphatic hydroxyl groups is 1. The molecule has 0 radical (unpaired) electrons. The van der Waals surface area contributed by atoms with E-state index in [0.29, 0.717) is 6.42 Å². The van der Waals surface area contributed by atoms with E-state index in [9.17, 15) is 48.3 Å². The lowest BCUT2D eigenvalue weighted by atomic mass is 9.91. The number of aliphatic hydroxyl groups excluding tert-OH is 1. The first-order chi connectivity index (χ1) is 40.4. The zero-order chi connectivity index (χ0) is 67.1. The van der Waals surface area contributed by atoms with E-state index >= 15 is 9.59 Å². The summed E-state index contributed by atoms with van der Waals surface area (Å²) < 4.78 is 11.2. The Bertz CT molecular complexity index is 2440. The third kappa shape index (κ3) is 23.6. The van der Waals surface area contributed by atoms with Crippen LogP contribution in [-0.4, -0.2) is 216 Å². The molecule has 0 bridgehead atoms. The molecule has 5 N–H and O–H groups in total. The Labute approximate surface area is 518 Å². The van der Waals surface area contributed by atoms with E-state index in [1.54, 1.807) is 65.8 Å². The highest BCUT2D eigenvalue weighted by molar-refractivity contribution is 5.98. The number of esters is 1. The molecule has 0 aliphatic rings. The summed E-state index contributed by atoms with van der Waals surface area (Å²) in [6, 6.07) is -1.66. The van der Waals surface area contributed by atoms with E-state index in [1.165, 1.54) is 87.6 Å². The van der Waals surface area contributed by atoms with E-state index in [2.05, 4.69) is 21.3 Å². The highest BCUT2D eigenvalue weighted by Crippen LogP contribution is 2.26. The smallest absolute Gasteiger partial charge is 0.408 e. The first kappa shape index (κ1) is 78.2. The SMILES string of the molecule is CC[C@H](NC(=O)[C@H]([C@H](OC(C)=O)[C@H](C)CC)N(C)C(=O)[C@H](C(C)C)N(C)C(=O)[C@H](CC(C)C)N(C)C(=O)[C@H](CC(C)C)N(C)C(=O)[C@@H](C)NC(=O)[C@H](C)NC(=O)[C@H](CC(C)C)N(C)C(=O)[C@@H](NC(=O)OCc1ccccc1)C(C)C)C(=O)N(C)CCO. The number of amides is 10. The fraction of sp³-hybridized carbons (Fsp3) is 0.730. The monoisotopic (exact) mass is 1230 g/mol. The molecule has 24 nitrogen and oxygen atoms in total. The van der Waals surface area contributed by atoms with Crippen molar-refractivity contribution < 1.29 is 67.3 Å². The van der Waals surface area contributed by atoms with E-state index in [0.717, 1.165) is 10.5 Å². The normalized spacial score (nSPS) is 15.3. The number of benzene rings is 1. The van der Waals surface area contributed by atoms with Crippen LogP contribution in [0.2, 0.25) is 0 Å². The second kappa shape index (κ2) is 37.1. The molecular formula is C63H108N10O14. The maximum Gasteiger partial charge on any atom is 0.408 e. The molecule has 0 saturated heterocycles. The maximum absolute atomic E-state index is 15.1. The number of carbonyl (C=O) groups excluding carboxylic acids is 11. The maximum atomic E-state index is 15.1. The average Bonchev–Trinajstić information content (AvgIpc) is 1.79. The van der Waals surface area contributed by atoms with Gasteiger partial charge >= 0.3 is 12.1 Å². The molecule has 494 valence electrons. The van der Waals surface area contributed by atoms with Gasteiger partial charge in [0, 0.05) is 55.8 Å². The van der Waals surface area contributed by atoms with Gasteiger partial charge in [0.25, 0.3) is 0 Å². The topological polar surface area (TPSA) is 294 Å². The second-order valence-electron chi connectivity index (χ2n) is 25.1. The van der Waals surface area contributed by atoms with Crippen LogP contribution < -0.4 is 21.3 Å². The molecule has 0 spiro atoms. The van der Waals surface area contributed by atoms with E-state index in [1.807, 2.05) is 54.5 Å². The number of nitrogens with one attached hydrogen (secondary N) is 4. The zero-order valence-electron chi connectivity index (χ0n) is 56.2. The van der Waals surface area contributed by atoms with Crippen molar-refractivity contribution in [3.8, 4) is 0 Å². The van der Waals surface area contributed by atoms with Crippen molar-refractivity contribution in [2.75, 3.05) is 55.4 Å². The molecular weight excluding hydrogens is 1120 g/mol. The van der Waals surface area contributed by atoms with Gasteiger partial charge < -0.3 is 65.2 Å². The Morgan fingerprint density at radius 1 is 0.494 bits per heavy atom. The molecule has 1 rings (SSSR count). The van der Waals surface area contributed by atoms with Crippen molar-refractivity contribution in [3.63, 3.8) is 0 Å². The van der Waals surface area contributed by atoms with Crippen LogP contribution in [0.3, 0.4) is 0 Å². The standard InChI is InChI=1S/C63H108N10O14/c1-23-41(13)53(87-44(16)75)52(56(78)66-46(24-2)58(80)68(17)30-31-74)73(22)62(84)51(40(11)12)72(21)60(82)49(34-38(7)8)71(20)59(81)48(33-37(5)6)70(19)57(79)43(15)65-54(76)42(14)64-55(77)47(32-36(3)4)69(18)61(83)50(39(9)10)67-63(85)86-35-45-28-26-25-27-29-45/h25-29,36-43,46-53,74H,23-24,30-35H2,1-22H3,(H,64,77)(H,65,76)(H,66,78)(H,67,85)/t41-,42+,43-,46+,47+,48+,49+,50+,51+,52+,53-/m1/s1. The first-order valence-corrected chi connectivity index (χ1v) is 30.7. The van der Waals surface area contributed by atoms with Gasteiger partial charge in [-0.3, -0.25) is 47.9 Å². The molecule has 87 heavy (non-hydrogen) atoms. The predicted octanol–water partition coefficient (Wildman–Crippen LogP) is 4.20. The van der Waals surface area contributed by atoms with Crippen LogP contribution in [0.15, 0.2) is 30.3 Å². The van der Waals surface area contributed by atoms with Gasteiger partial charge in [-0.25, -0.2) is 4.79 Å². The third-order valence-electron chi connectivity index (χ3n) is 15.6. The average molecular weight is 1230 g/mol. The van der Waals surface area contributed by atoms with Gasteiger partial charge in [0.1, 0.15) is 67.1 Å². The lowest BCUT2D eigenvalue weighted by molar-refractivity contribution is -0.164. The fourth-order valence-electron chi connectivity index (χ4n) is 10.2. The van der Waals surface area contributed by atoms with Crippen LogP contribution in [0.1, 0.15) is 148 Å². The number of likely N-dealkylation sites (N-methyl/N-ethyl adjacent to an activating group) is 6. The summed E-state index contributed by atoms with van der Waals surface area (Å²) in [6.07, 6.45) is -0.941. The summed E-state index contributed by atoms with van der Waals surface area (Å²) >= 11 is 0. The van der Waals surface area contributed by atoms with Gasteiger partial charge in [-0.05, 0) is 87.0 Å². The lowest BCUT2D eigenvalue weighted by Gasteiger charge is -2.42. The summed E-state index contributed by atoms with van der Waals surface area (Å²) in [5, 5.41) is 20.2. The first-order valence-electron chi connectivity index (χ1n) is 30.7. The highest BCUT2D eigenvalue weighted by atomic mass is 16.6. The summed E-state index contributed by atoms with van der Waals surface area (Å²) in [7, 11) is 8.63. The molecule has 0 heterocycles. The van der Waals surface area contributed by atoms with E-state index in [4.69, 9.17) is 9.47 Å². The molecule has 0 saturated carbocycles. The van der Waals surface area contributed by atoms with Crippen molar-refractivity contribution in [3.05, 3.63) is 35.9 Å². The van der Waals surface area contributed by atoms with Crippen LogP contribution in [-0.2, 0) is 64.0 Å². The molecule has 10 amide bonds. The van der Waals surface area contributed by atoms with Gasteiger partial charge in [0.2, 0.25) is 53.2 Å². The molecule has 11 atom stereocenters. The molecule has 1 aromatic rings. The summed E-state index contributed by atoms with van der Waals surface area (Å²) in [6.45, 7) is 27.1. The molecule has 0 fully saturated rings. The number of nitrogens with zero attached hydrogens (tertiary/aromatic N) is 6. The highest BCUT2D eigenvalue weighted by Gasteiger charge is 2.46. The van der Waals surface area contributed by atoms with Crippen LogP contribution >= 0.6 is 0 Å². The largest absolute Gasteiger partial charge is 0.460 e. The zero-order valence-corrected chi connectivity index (χ0v) is 56.2. The van der Waals surface area contributed by atoms with Crippen molar-refractivity contribution >= 4 is 65.2 Å². The fourth-order valence-corrected chi connectivity index (χ4v) is 10.2. The number of hydrogen-bond donors (Lipinski definition) is 5. The number of hydrogen-bond acceptors (Lipinski definition) is 14.